The third-order valence-corrected chi connectivity index (χ3v) is 6.25. The van der Waals surface area contributed by atoms with Crippen LogP contribution in [0.15, 0.2) is 28.8 Å². The molecule has 0 radical (unpaired) electrons. The molecule has 7 heteroatoms. The van der Waals surface area contributed by atoms with Gasteiger partial charge in [0.25, 0.3) is 5.91 Å². The van der Waals surface area contributed by atoms with Crippen LogP contribution in [0.25, 0.3) is 0 Å². The van der Waals surface area contributed by atoms with Crippen molar-refractivity contribution >= 4 is 17.7 Å². The predicted octanol–water partition coefficient (Wildman–Crippen LogP) is 2.60. The Labute approximate surface area is 150 Å². The lowest BCUT2D eigenvalue weighted by Crippen LogP contribution is -2.60. The van der Waals surface area contributed by atoms with Crippen LogP contribution < -0.4 is 0 Å². The second-order valence-corrected chi connectivity index (χ2v) is 8.38. The summed E-state index contributed by atoms with van der Waals surface area (Å²) >= 11 is 1.91. The number of rotatable bonds is 4. The van der Waals surface area contributed by atoms with E-state index >= 15 is 0 Å². The minimum atomic E-state index is -0.0693. The lowest BCUT2D eigenvalue weighted by molar-refractivity contribution is 0.0230. The first-order chi connectivity index (χ1) is 12.0. The fourth-order valence-electron chi connectivity index (χ4n) is 3.43. The van der Waals surface area contributed by atoms with E-state index in [0.717, 1.165) is 42.3 Å². The van der Waals surface area contributed by atoms with Crippen LogP contribution in [0.1, 0.15) is 34.1 Å². The van der Waals surface area contributed by atoms with Gasteiger partial charge in [-0.05, 0) is 32.4 Å². The molecule has 0 bridgehead atoms. The predicted molar refractivity (Wildman–Crippen MR) is 94.5 cm³/mol. The first-order valence-electron chi connectivity index (χ1n) is 8.44. The Bertz CT molecular complexity index is 785. The molecule has 2 aromatic heterocycles. The molecule has 1 unspecified atom stereocenters. The van der Waals surface area contributed by atoms with Gasteiger partial charge in [-0.1, -0.05) is 11.2 Å². The maximum absolute atomic E-state index is 12.3. The van der Waals surface area contributed by atoms with Crippen molar-refractivity contribution in [3.05, 3.63) is 47.1 Å². The fraction of sp³-hybridized carbons (Fsp3) is 0.500. The van der Waals surface area contributed by atoms with Crippen LogP contribution in [0.2, 0.25) is 0 Å². The summed E-state index contributed by atoms with van der Waals surface area (Å²) in [4.78, 5) is 18.7. The molecule has 6 nitrogen and oxygen atoms in total. The maximum Gasteiger partial charge on any atom is 0.292 e. The van der Waals surface area contributed by atoms with E-state index in [0.29, 0.717) is 12.4 Å². The molecule has 132 valence electrons. The van der Waals surface area contributed by atoms with Gasteiger partial charge in [0.15, 0.2) is 0 Å². The number of likely N-dealkylation sites (tertiary alicyclic amines) is 1. The smallest absolute Gasteiger partial charge is 0.292 e. The van der Waals surface area contributed by atoms with Crippen molar-refractivity contribution in [2.75, 3.05) is 18.8 Å². The molecule has 4 rings (SSSR count). The highest BCUT2D eigenvalue weighted by Gasteiger charge is 2.51. The average molecular weight is 359 g/mol. The van der Waals surface area contributed by atoms with Crippen molar-refractivity contribution in [1.29, 1.82) is 0 Å². The van der Waals surface area contributed by atoms with Gasteiger partial charge in [0, 0.05) is 30.6 Å². The van der Waals surface area contributed by atoms with E-state index in [2.05, 4.69) is 10.1 Å². The minimum absolute atomic E-state index is 0.0693. The molecule has 2 aromatic rings. The molecule has 2 saturated heterocycles. The van der Waals surface area contributed by atoms with Crippen molar-refractivity contribution in [3.63, 3.8) is 0 Å². The first-order valence-corrected chi connectivity index (χ1v) is 9.42. The van der Waals surface area contributed by atoms with E-state index < -0.39 is 0 Å². The second kappa shape index (κ2) is 6.46. The van der Waals surface area contributed by atoms with Crippen molar-refractivity contribution in [3.8, 4) is 0 Å². The molecule has 2 aliphatic heterocycles. The largest absolute Gasteiger partial charge is 0.371 e. The van der Waals surface area contributed by atoms with E-state index in [1.54, 1.807) is 6.07 Å². The number of carbonyl (C=O) groups is 1. The highest BCUT2D eigenvalue weighted by Crippen LogP contribution is 2.46. The van der Waals surface area contributed by atoms with Crippen LogP contribution in [-0.4, -0.2) is 50.6 Å². The van der Waals surface area contributed by atoms with Gasteiger partial charge in [-0.15, -0.1) is 11.8 Å². The fourth-order valence-corrected chi connectivity index (χ4v) is 4.98. The summed E-state index contributed by atoms with van der Waals surface area (Å²) in [6.07, 6.45) is 1.19. The van der Waals surface area contributed by atoms with Crippen LogP contribution in [0.5, 0.6) is 0 Å². The zero-order valence-corrected chi connectivity index (χ0v) is 15.2. The normalized spacial score (nSPS) is 21.5. The molecule has 2 aliphatic rings. The molecule has 1 amide bonds. The van der Waals surface area contributed by atoms with Crippen molar-refractivity contribution in [2.45, 2.75) is 37.7 Å². The lowest BCUT2D eigenvalue weighted by Gasteiger charge is -2.46. The Kier molecular flexibility index (Phi) is 4.29. The van der Waals surface area contributed by atoms with Crippen LogP contribution in [0, 0.1) is 13.8 Å². The highest BCUT2D eigenvalue weighted by atomic mass is 32.2. The SMILES string of the molecule is Cc1cc(C(=O)N2CC3(CC(OCc4cccc(C)n4)CS3)C2)on1. The lowest BCUT2D eigenvalue weighted by atomic mass is 9.92. The minimum Gasteiger partial charge on any atom is -0.371 e. The Morgan fingerprint density at radius 2 is 2.24 bits per heavy atom. The molecule has 1 spiro atoms. The molecule has 4 heterocycles. The average Bonchev–Trinajstić information content (AvgIpc) is 3.18. The second-order valence-electron chi connectivity index (χ2n) is 6.90. The Morgan fingerprint density at radius 1 is 1.40 bits per heavy atom. The van der Waals surface area contributed by atoms with Crippen LogP contribution in [-0.2, 0) is 11.3 Å². The van der Waals surface area contributed by atoms with E-state index in [-0.39, 0.29) is 16.8 Å². The number of hydrogen-bond acceptors (Lipinski definition) is 6. The monoisotopic (exact) mass is 359 g/mol. The molecule has 1 atom stereocenters. The number of ether oxygens (including phenoxy) is 1. The number of aryl methyl sites for hydroxylation is 2. The van der Waals surface area contributed by atoms with Gasteiger partial charge in [0.2, 0.25) is 5.76 Å². The highest BCUT2D eigenvalue weighted by molar-refractivity contribution is 8.01. The molecular formula is C18H21N3O3S. The third-order valence-electron chi connectivity index (χ3n) is 4.67. The standard InChI is InChI=1S/C18H21N3O3S/c1-12-4-3-5-14(19-12)8-23-15-7-18(25-9-15)10-21(11-18)17(22)16-6-13(2)20-24-16/h3-6,15H,7-11H2,1-2H3. The molecule has 0 N–H and O–H groups in total. The topological polar surface area (TPSA) is 68.5 Å². The number of hydrogen-bond donors (Lipinski definition) is 0. The Balaban J connectivity index is 1.28. The van der Waals surface area contributed by atoms with Gasteiger partial charge in [-0.25, -0.2) is 0 Å². The van der Waals surface area contributed by atoms with Gasteiger partial charge >= 0.3 is 0 Å². The molecule has 0 aliphatic carbocycles. The maximum atomic E-state index is 12.3. The molecule has 25 heavy (non-hydrogen) atoms. The third kappa shape index (κ3) is 3.43. The van der Waals surface area contributed by atoms with Gasteiger partial charge in [-0.2, -0.15) is 0 Å². The number of aromatic nitrogens is 2. The zero-order valence-electron chi connectivity index (χ0n) is 14.4. The van der Waals surface area contributed by atoms with Crippen molar-refractivity contribution in [2.24, 2.45) is 0 Å². The van der Waals surface area contributed by atoms with Gasteiger partial charge in [0.05, 0.1) is 28.8 Å². The van der Waals surface area contributed by atoms with Gasteiger partial charge in [-0.3, -0.25) is 9.78 Å². The number of carbonyl (C=O) groups excluding carboxylic acids is 1. The van der Waals surface area contributed by atoms with Crippen LogP contribution in [0.3, 0.4) is 0 Å². The summed E-state index contributed by atoms with van der Waals surface area (Å²) < 4.78 is 11.3. The van der Waals surface area contributed by atoms with Crippen molar-refractivity contribution in [1.82, 2.24) is 15.0 Å². The first kappa shape index (κ1) is 16.6. The van der Waals surface area contributed by atoms with Gasteiger partial charge < -0.3 is 14.2 Å². The summed E-state index contributed by atoms with van der Waals surface area (Å²) in [6, 6.07) is 7.68. The summed E-state index contributed by atoms with van der Waals surface area (Å²) in [6.45, 7) is 5.84. The summed E-state index contributed by atoms with van der Waals surface area (Å²) in [7, 11) is 0. The molecule has 0 aromatic carbocycles. The van der Waals surface area contributed by atoms with Crippen LogP contribution in [0.4, 0.5) is 0 Å². The Morgan fingerprint density at radius 3 is 2.96 bits per heavy atom. The van der Waals surface area contributed by atoms with Crippen molar-refractivity contribution < 1.29 is 14.1 Å². The summed E-state index contributed by atoms with van der Waals surface area (Å²) in [5.41, 5.74) is 2.71. The van der Waals surface area contributed by atoms with E-state index in [1.807, 2.05) is 48.7 Å². The van der Waals surface area contributed by atoms with E-state index in [9.17, 15) is 4.79 Å². The van der Waals surface area contributed by atoms with Crippen LogP contribution >= 0.6 is 11.8 Å². The molecular weight excluding hydrogens is 338 g/mol. The zero-order chi connectivity index (χ0) is 17.4. The molecule has 0 saturated carbocycles. The van der Waals surface area contributed by atoms with E-state index in [4.69, 9.17) is 9.26 Å². The quantitative estimate of drug-likeness (QED) is 0.836. The number of nitrogens with zero attached hydrogens (tertiary/aromatic N) is 3. The number of amides is 1. The summed E-state index contributed by atoms with van der Waals surface area (Å²) in [5.74, 6) is 1.23. The van der Waals surface area contributed by atoms with Gasteiger partial charge in [0.1, 0.15) is 0 Å². The summed E-state index contributed by atoms with van der Waals surface area (Å²) in [5, 5.41) is 3.79. The Hall–Kier alpha value is -1.86. The van der Waals surface area contributed by atoms with E-state index in [1.165, 1.54) is 0 Å². The number of thioether (sulfide) groups is 1. The number of pyridine rings is 1. The molecule has 2 fully saturated rings.